The molecule has 0 aromatic heterocycles. The Hall–Kier alpha value is -0.510. The fourth-order valence-electron chi connectivity index (χ4n) is 5.42. The molecular formula is C24H43N. The summed E-state index contributed by atoms with van der Waals surface area (Å²) in [6.45, 7) is 4.58. The van der Waals surface area contributed by atoms with Gasteiger partial charge in [0, 0.05) is 0 Å². The number of hydrogen-bond donors (Lipinski definition) is 0. The molecule has 2 aliphatic rings. The number of rotatable bonds is 10. The average molecular weight is 346 g/mol. The van der Waals surface area contributed by atoms with Gasteiger partial charge in [-0.15, -0.1) is 0 Å². The van der Waals surface area contributed by atoms with Crippen LogP contribution in [0.2, 0.25) is 0 Å². The van der Waals surface area contributed by atoms with Gasteiger partial charge in [0.2, 0.25) is 0 Å². The van der Waals surface area contributed by atoms with E-state index in [0.717, 1.165) is 24.2 Å². The molecule has 0 N–H and O–H groups in total. The molecule has 2 saturated carbocycles. The highest BCUT2D eigenvalue weighted by molar-refractivity contribution is 5.01. The third kappa shape index (κ3) is 6.96. The zero-order chi connectivity index (χ0) is 18.0. The third-order valence-corrected chi connectivity index (χ3v) is 7.47. The molecule has 0 saturated heterocycles. The summed E-state index contributed by atoms with van der Waals surface area (Å²) in [4.78, 5) is 0. The summed E-state index contributed by atoms with van der Waals surface area (Å²) < 4.78 is 0. The van der Waals surface area contributed by atoms with Crippen LogP contribution in [0.3, 0.4) is 0 Å². The van der Waals surface area contributed by atoms with Gasteiger partial charge >= 0.3 is 0 Å². The van der Waals surface area contributed by atoms with E-state index in [4.69, 9.17) is 0 Å². The van der Waals surface area contributed by atoms with E-state index < -0.39 is 0 Å². The largest absolute Gasteiger partial charge is 0.198 e. The fraction of sp³-hybridized carbons (Fsp3) is 0.958. The van der Waals surface area contributed by atoms with E-state index in [0.29, 0.717) is 0 Å². The Labute approximate surface area is 158 Å². The summed E-state index contributed by atoms with van der Waals surface area (Å²) >= 11 is 0. The average Bonchev–Trinajstić information content (AvgIpc) is 2.67. The Balaban J connectivity index is 1.61. The van der Waals surface area contributed by atoms with Crippen molar-refractivity contribution in [1.82, 2.24) is 0 Å². The maximum Gasteiger partial charge on any atom is 0.0689 e. The van der Waals surface area contributed by atoms with Gasteiger partial charge in [-0.3, -0.25) is 0 Å². The second-order valence-corrected chi connectivity index (χ2v) is 9.40. The lowest BCUT2D eigenvalue weighted by atomic mass is 9.67. The van der Waals surface area contributed by atoms with Gasteiger partial charge in [-0.05, 0) is 49.9 Å². The van der Waals surface area contributed by atoms with Crippen LogP contribution in [0.5, 0.6) is 0 Å². The highest BCUT2D eigenvalue weighted by atomic mass is 14.4. The van der Waals surface area contributed by atoms with Crippen molar-refractivity contribution in [3.8, 4) is 6.07 Å². The van der Waals surface area contributed by atoms with Crippen LogP contribution < -0.4 is 0 Å². The molecule has 0 atom stereocenters. The van der Waals surface area contributed by atoms with Crippen LogP contribution in [-0.4, -0.2) is 0 Å². The topological polar surface area (TPSA) is 23.8 Å². The monoisotopic (exact) mass is 345 g/mol. The fourth-order valence-corrected chi connectivity index (χ4v) is 5.42. The van der Waals surface area contributed by atoms with Crippen LogP contribution in [0.1, 0.15) is 123 Å². The Kier molecular flexibility index (Phi) is 9.36. The molecule has 2 aliphatic carbocycles. The highest BCUT2D eigenvalue weighted by Crippen LogP contribution is 2.44. The summed E-state index contributed by atoms with van der Waals surface area (Å²) in [7, 11) is 0. The Morgan fingerprint density at radius 1 is 0.720 bits per heavy atom. The van der Waals surface area contributed by atoms with Crippen LogP contribution >= 0.6 is 0 Å². The van der Waals surface area contributed by atoms with E-state index in [2.05, 4.69) is 19.9 Å². The van der Waals surface area contributed by atoms with Gasteiger partial charge in [0.1, 0.15) is 0 Å². The first kappa shape index (κ1) is 20.8. The number of hydrogen-bond acceptors (Lipinski definition) is 1. The van der Waals surface area contributed by atoms with Crippen molar-refractivity contribution in [1.29, 1.82) is 5.26 Å². The van der Waals surface area contributed by atoms with Gasteiger partial charge in [0.25, 0.3) is 0 Å². The number of unbranched alkanes of at least 4 members (excludes halogenated alkanes) is 3. The molecule has 0 aromatic rings. The molecule has 0 aliphatic heterocycles. The summed E-state index contributed by atoms with van der Waals surface area (Å²) in [5.74, 6) is 2.99. The lowest BCUT2D eigenvalue weighted by Gasteiger charge is -2.36. The van der Waals surface area contributed by atoms with E-state index in [1.54, 1.807) is 0 Å². The Bertz CT molecular complexity index is 377. The smallest absolute Gasteiger partial charge is 0.0689 e. The minimum absolute atomic E-state index is 0.0447. The summed E-state index contributed by atoms with van der Waals surface area (Å²) in [5.41, 5.74) is 0.0447. The first-order valence-corrected chi connectivity index (χ1v) is 11.6. The maximum absolute atomic E-state index is 9.70. The second kappa shape index (κ2) is 11.3. The van der Waals surface area contributed by atoms with Gasteiger partial charge in [0.05, 0.1) is 11.5 Å². The van der Waals surface area contributed by atoms with E-state index in [9.17, 15) is 5.26 Å². The SMILES string of the molecule is CCCCC[C@]1(C#N)CC[C@H](CC[C@H]2CC[C@H](CCCC)CC2)CC1. The van der Waals surface area contributed by atoms with Gasteiger partial charge in [-0.25, -0.2) is 0 Å². The standard InChI is InChI=1S/C24H43N/c1-3-5-7-17-24(20-25)18-15-23(16-19-24)14-13-22-11-9-21(10-12-22)8-6-4-2/h21-23H,3-19H2,1-2H3/t21-,22-,23-,24-. The minimum atomic E-state index is 0.0447. The van der Waals surface area contributed by atoms with E-state index in [1.807, 2.05) is 0 Å². The predicted molar refractivity (Wildman–Crippen MR) is 108 cm³/mol. The molecule has 0 aromatic carbocycles. The third-order valence-electron chi connectivity index (χ3n) is 7.47. The van der Waals surface area contributed by atoms with E-state index in [1.165, 1.54) is 103 Å². The Morgan fingerprint density at radius 3 is 1.76 bits per heavy atom. The number of nitrogens with zero attached hydrogens (tertiary/aromatic N) is 1. The van der Waals surface area contributed by atoms with Crippen molar-refractivity contribution in [2.24, 2.45) is 23.2 Å². The molecule has 0 radical (unpaired) electrons. The second-order valence-electron chi connectivity index (χ2n) is 9.40. The molecule has 2 rings (SSSR count). The molecule has 0 amide bonds. The van der Waals surface area contributed by atoms with Crippen molar-refractivity contribution in [3.05, 3.63) is 0 Å². The molecule has 1 heteroatoms. The molecule has 0 spiro atoms. The molecule has 144 valence electrons. The van der Waals surface area contributed by atoms with Crippen LogP contribution in [0.4, 0.5) is 0 Å². The van der Waals surface area contributed by atoms with Gasteiger partial charge < -0.3 is 0 Å². The first-order valence-electron chi connectivity index (χ1n) is 11.6. The van der Waals surface area contributed by atoms with Gasteiger partial charge in [0.15, 0.2) is 0 Å². The zero-order valence-corrected chi connectivity index (χ0v) is 17.2. The number of nitriles is 1. The molecule has 25 heavy (non-hydrogen) atoms. The lowest BCUT2D eigenvalue weighted by Crippen LogP contribution is -2.26. The van der Waals surface area contributed by atoms with Crippen molar-refractivity contribution in [3.63, 3.8) is 0 Å². The molecule has 1 nitrogen and oxygen atoms in total. The molecule has 2 fully saturated rings. The maximum atomic E-state index is 9.70. The van der Waals surface area contributed by atoms with Crippen molar-refractivity contribution < 1.29 is 0 Å². The van der Waals surface area contributed by atoms with Gasteiger partial charge in [-0.1, -0.05) is 90.9 Å². The molecule has 0 heterocycles. The van der Waals surface area contributed by atoms with Crippen molar-refractivity contribution >= 4 is 0 Å². The van der Waals surface area contributed by atoms with Crippen molar-refractivity contribution in [2.75, 3.05) is 0 Å². The van der Waals surface area contributed by atoms with Crippen LogP contribution in [0, 0.1) is 34.5 Å². The molecule has 0 bridgehead atoms. The predicted octanol–water partition coefficient (Wildman–Crippen LogP) is 8.04. The molecular weight excluding hydrogens is 302 g/mol. The molecule has 0 unspecified atom stereocenters. The quantitative estimate of drug-likeness (QED) is 0.367. The van der Waals surface area contributed by atoms with Crippen molar-refractivity contribution in [2.45, 2.75) is 123 Å². The first-order chi connectivity index (χ1) is 12.2. The lowest BCUT2D eigenvalue weighted by molar-refractivity contribution is 0.171. The van der Waals surface area contributed by atoms with Crippen LogP contribution in [0.25, 0.3) is 0 Å². The Morgan fingerprint density at radius 2 is 1.24 bits per heavy atom. The zero-order valence-electron chi connectivity index (χ0n) is 17.2. The normalized spacial score (nSPS) is 33.1. The van der Waals surface area contributed by atoms with Crippen LogP contribution in [0.15, 0.2) is 0 Å². The van der Waals surface area contributed by atoms with Crippen LogP contribution in [-0.2, 0) is 0 Å². The summed E-state index contributed by atoms with van der Waals surface area (Å²) in [5, 5.41) is 9.70. The van der Waals surface area contributed by atoms with E-state index in [-0.39, 0.29) is 5.41 Å². The summed E-state index contributed by atoms with van der Waals surface area (Å²) in [6, 6.07) is 2.72. The van der Waals surface area contributed by atoms with Gasteiger partial charge in [-0.2, -0.15) is 5.26 Å². The van der Waals surface area contributed by atoms with E-state index >= 15 is 0 Å². The highest BCUT2D eigenvalue weighted by Gasteiger charge is 2.35. The summed E-state index contributed by atoms with van der Waals surface area (Å²) in [6.07, 6.45) is 23.2. The minimum Gasteiger partial charge on any atom is -0.198 e.